The molecule has 2 heterocycles. The molecule has 1 aromatic carbocycles. The molecular formula is C15H16N2S2. The molecule has 19 heavy (non-hydrogen) atoms. The lowest BCUT2D eigenvalue weighted by molar-refractivity contribution is 0.658. The van der Waals surface area contributed by atoms with Crippen LogP contribution in [0.2, 0.25) is 0 Å². The van der Waals surface area contributed by atoms with Gasteiger partial charge in [0.2, 0.25) is 0 Å². The minimum Gasteiger partial charge on any atom is -0.312 e. The Morgan fingerprint density at radius 1 is 1.26 bits per heavy atom. The second kappa shape index (κ2) is 5.04. The van der Waals surface area contributed by atoms with Crippen LogP contribution in [-0.2, 0) is 0 Å². The highest BCUT2D eigenvalue weighted by Crippen LogP contribution is 2.38. The first kappa shape index (κ1) is 12.8. The van der Waals surface area contributed by atoms with Crippen molar-refractivity contribution in [1.29, 1.82) is 0 Å². The van der Waals surface area contributed by atoms with Crippen molar-refractivity contribution < 1.29 is 0 Å². The lowest BCUT2D eigenvalue weighted by atomic mass is 10.2. The summed E-state index contributed by atoms with van der Waals surface area (Å²) in [7, 11) is 1.99. The number of aryl methyl sites for hydroxylation is 1. The number of thiophene rings is 1. The van der Waals surface area contributed by atoms with E-state index in [1.807, 2.05) is 7.05 Å². The summed E-state index contributed by atoms with van der Waals surface area (Å²) < 4.78 is 1.33. The molecule has 0 saturated carbocycles. The smallest absolute Gasteiger partial charge is 0.125 e. The summed E-state index contributed by atoms with van der Waals surface area (Å²) in [6, 6.07) is 8.89. The lowest BCUT2D eigenvalue weighted by Crippen LogP contribution is -2.11. The number of nitrogens with one attached hydrogen (secondary N) is 1. The third kappa shape index (κ3) is 2.20. The van der Waals surface area contributed by atoms with Gasteiger partial charge in [0, 0.05) is 31.9 Å². The molecule has 4 heteroatoms. The monoisotopic (exact) mass is 288 g/mol. The zero-order chi connectivity index (χ0) is 13.4. The number of rotatable bonds is 3. The van der Waals surface area contributed by atoms with Crippen LogP contribution in [0.1, 0.15) is 23.5 Å². The van der Waals surface area contributed by atoms with E-state index in [-0.39, 0.29) is 0 Å². The first-order valence-electron chi connectivity index (χ1n) is 6.32. The van der Waals surface area contributed by atoms with Crippen LogP contribution in [0, 0.1) is 6.92 Å². The fourth-order valence-corrected chi connectivity index (χ4v) is 4.38. The fourth-order valence-electron chi connectivity index (χ4n) is 2.20. The van der Waals surface area contributed by atoms with Crippen LogP contribution in [0.5, 0.6) is 0 Å². The van der Waals surface area contributed by atoms with Crippen LogP contribution in [0.4, 0.5) is 0 Å². The summed E-state index contributed by atoms with van der Waals surface area (Å²) in [5.74, 6) is 0. The number of hydrogen-bond donors (Lipinski definition) is 1. The van der Waals surface area contributed by atoms with Crippen LogP contribution in [0.15, 0.2) is 29.6 Å². The maximum Gasteiger partial charge on any atom is 0.125 e. The van der Waals surface area contributed by atoms with Gasteiger partial charge in [0.1, 0.15) is 5.01 Å². The second-order valence-corrected chi connectivity index (χ2v) is 6.57. The molecule has 3 aromatic rings. The van der Waals surface area contributed by atoms with Gasteiger partial charge in [-0.1, -0.05) is 18.2 Å². The summed E-state index contributed by atoms with van der Waals surface area (Å²) in [5.41, 5.74) is 2.40. The quantitative estimate of drug-likeness (QED) is 0.761. The number of benzene rings is 1. The predicted molar refractivity (Wildman–Crippen MR) is 85.1 cm³/mol. The summed E-state index contributed by atoms with van der Waals surface area (Å²) in [4.78, 5) is 6.08. The molecule has 0 saturated heterocycles. The topological polar surface area (TPSA) is 24.9 Å². The highest BCUT2D eigenvalue weighted by atomic mass is 32.1. The molecule has 0 aliphatic heterocycles. The summed E-state index contributed by atoms with van der Waals surface area (Å²) in [6.07, 6.45) is 0. The maximum absolute atomic E-state index is 4.76. The first-order chi connectivity index (χ1) is 9.20. The van der Waals surface area contributed by atoms with E-state index in [2.05, 4.69) is 48.8 Å². The largest absolute Gasteiger partial charge is 0.312 e. The first-order valence-corrected chi connectivity index (χ1v) is 8.01. The van der Waals surface area contributed by atoms with E-state index >= 15 is 0 Å². The van der Waals surface area contributed by atoms with E-state index in [0.29, 0.717) is 6.04 Å². The number of thiazole rings is 1. The van der Waals surface area contributed by atoms with E-state index in [1.54, 1.807) is 22.7 Å². The van der Waals surface area contributed by atoms with E-state index in [4.69, 9.17) is 4.98 Å². The van der Waals surface area contributed by atoms with E-state index < -0.39 is 0 Å². The SMILES string of the molecule is CNC(C)c1sc(-c2csc3ccccc23)nc1C. The molecule has 0 amide bonds. The van der Waals surface area contributed by atoms with Gasteiger partial charge in [-0.05, 0) is 27.0 Å². The molecule has 98 valence electrons. The van der Waals surface area contributed by atoms with Gasteiger partial charge in [0.05, 0.1) is 5.69 Å². The minimum absolute atomic E-state index is 0.358. The highest BCUT2D eigenvalue weighted by Gasteiger charge is 2.16. The minimum atomic E-state index is 0.358. The van der Waals surface area contributed by atoms with Crippen molar-refractivity contribution in [2.45, 2.75) is 19.9 Å². The van der Waals surface area contributed by atoms with Crippen LogP contribution in [0.25, 0.3) is 20.7 Å². The van der Waals surface area contributed by atoms with Crippen LogP contribution >= 0.6 is 22.7 Å². The van der Waals surface area contributed by atoms with Crippen molar-refractivity contribution in [2.75, 3.05) is 7.05 Å². The van der Waals surface area contributed by atoms with Gasteiger partial charge in [-0.2, -0.15) is 0 Å². The van der Waals surface area contributed by atoms with Gasteiger partial charge in [-0.25, -0.2) is 4.98 Å². The number of nitrogens with zero attached hydrogens (tertiary/aromatic N) is 1. The van der Waals surface area contributed by atoms with Crippen molar-refractivity contribution in [2.24, 2.45) is 0 Å². The average molecular weight is 288 g/mol. The molecule has 1 N–H and O–H groups in total. The highest BCUT2D eigenvalue weighted by molar-refractivity contribution is 7.19. The second-order valence-electron chi connectivity index (χ2n) is 4.62. The van der Waals surface area contributed by atoms with Gasteiger partial charge < -0.3 is 5.32 Å². The summed E-state index contributed by atoms with van der Waals surface area (Å²) >= 11 is 3.59. The Balaban J connectivity index is 2.12. The molecule has 2 nitrogen and oxygen atoms in total. The van der Waals surface area contributed by atoms with E-state index in [1.165, 1.54) is 20.5 Å². The van der Waals surface area contributed by atoms with Crippen molar-refractivity contribution in [3.05, 3.63) is 40.2 Å². The number of hydrogen-bond acceptors (Lipinski definition) is 4. The molecule has 1 atom stereocenters. The standard InChI is InChI=1S/C15H16N2S2/c1-9(16-3)14-10(2)17-15(19-14)12-8-18-13-7-5-4-6-11(12)13/h4-9,16H,1-3H3. The Morgan fingerprint density at radius 3 is 2.84 bits per heavy atom. The Bertz CT molecular complexity index is 712. The van der Waals surface area contributed by atoms with Crippen molar-refractivity contribution in [3.8, 4) is 10.6 Å². The van der Waals surface area contributed by atoms with Crippen molar-refractivity contribution in [1.82, 2.24) is 10.3 Å². The Morgan fingerprint density at radius 2 is 2.05 bits per heavy atom. The van der Waals surface area contributed by atoms with E-state index in [0.717, 1.165) is 10.7 Å². The van der Waals surface area contributed by atoms with Crippen LogP contribution in [-0.4, -0.2) is 12.0 Å². The zero-order valence-corrected chi connectivity index (χ0v) is 12.9. The van der Waals surface area contributed by atoms with Crippen molar-refractivity contribution >= 4 is 32.8 Å². The normalized spacial score (nSPS) is 13.0. The number of aromatic nitrogens is 1. The zero-order valence-electron chi connectivity index (χ0n) is 11.2. The van der Waals surface area contributed by atoms with Gasteiger partial charge in [-0.3, -0.25) is 0 Å². The molecule has 0 aliphatic rings. The lowest BCUT2D eigenvalue weighted by Gasteiger charge is -2.06. The molecule has 0 radical (unpaired) electrons. The molecule has 0 spiro atoms. The molecule has 2 aromatic heterocycles. The maximum atomic E-state index is 4.76. The number of fused-ring (bicyclic) bond motifs is 1. The molecule has 0 aliphatic carbocycles. The Hall–Kier alpha value is -1.23. The molecule has 0 fully saturated rings. The predicted octanol–water partition coefficient (Wildman–Crippen LogP) is 4.61. The van der Waals surface area contributed by atoms with Gasteiger partial charge in [-0.15, -0.1) is 22.7 Å². The fraction of sp³-hybridized carbons (Fsp3) is 0.267. The van der Waals surface area contributed by atoms with Gasteiger partial charge in [0.15, 0.2) is 0 Å². The molecule has 3 rings (SSSR count). The average Bonchev–Trinajstić information content (AvgIpc) is 3.01. The van der Waals surface area contributed by atoms with Gasteiger partial charge >= 0.3 is 0 Å². The van der Waals surface area contributed by atoms with Crippen LogP contribution in [0.3, 0.4) is 0 Å². The Kier molecular flexibility index (Phi) is 3.39. The third-order valence-corrected chi connectivity index (χ3v) is 5.71. The van der Waals surface area contributed by atoms with Crippen LogP contribution < -0.4 is 5.32 Å². The van der Waals surface area contributed by atoms with Gasteiger partial charge in [0.25, 0.3) is 0 Å². The molecule has 0 bridgehead atoms. The van der Waals surface area contributed by atoms with Crippen molar-refractivity contribution in [3.63, 3.8) is 0 Å². The third-order valence-electron chi connectivity index (χ3n) is 3.37. The Labute approximate surface area is 121 Å². The summed E-state index contributed by atoms with van der Waals surface area (Å²) in [6.45, 7) is 4.27. The molecular weight excluding hydrogens is 272 g/mol. The summed E-state index contributed by atoms with van der Waals surface area (Å²) in [5, 5.41) is 7.95. The van der Waals surface area contributed by atoms with E-state index in [9.17, 15) is 0 Å². The molecule has 1 unspecified atom stereocenters.